The molecule has 17 heavy (non-hydrogen) atoms. The van der Waals surface area contributed by atoms with Crippen molar-refractivity contribution in [3.63, 3.8) is 0 Å². The molecule has 2 rings (SSSR count). The van der Waals surface area contributed by atoms with E-state index in [9.17, 15) is 18.0 Å². The molecular formula is C11H11F3N2O. The molecule has 0 spiro atoms. The van der Waals surface area contributed by atoms with E-state index in [1.807, 2.05) is 0 Å². The Bertz CT molecular complexity index is 423. The highest BCUT2D eigenvalue weighted by Gasteiger charge is 2.21. The van der Waals surface area contributed by atoms with Crippen molar-refractivity contribution in [2.24, 2.45) is 0 Å². The van der Waals surface area contributed by atoms with Crippen LogP contribution in [0.15, 0.2) is 12.1 Å². The van der Waals surface area contributed by atoms with Gasteiger partial charge in [-0.2, -0.15) is 0 Å². The molecular weight excluding hydrogens is 233 g/mol. The number of benzene rings is 1. The average Bonchev–Trinajstić information content (AvgIpc) is 3.04. The number of nitrogens with one attached hydrogen (secondary N) is 2. The van der Waals surface area contributed by atoms with E-state index in [-0.39, 0.29) is 6.54 Å². The number of carbonyl (C=O) groups excluding carboxylic acids is 1. The molecule has 1 aliphatic rings. The number of amides is 1. The maximum Gasteiger partial charge on any atom is 0.238 e. The quantitative estimate of drug-likeness (QED) is 0.847. The Balaban J connectivity index is 1.99. The summed E-state index contributed by atoms with van der Waals surface area (Å²) in [5.74, 6) is -3.82. The van der Waals surface area contributed by atoms with Crippen LogP contribution < -0.4 is 10.6 Å². The molecule has 1 aromatic rings. The lowest BCUT2D eigenvalue weighted by molar-refractivity contribution is -0.115. The van der Waals surface area contributed by atoms with E-state index in [0.29, 0.717) is 18.2 Å². The highest BCUT2D eigenvalue weighted by atomic mass is 19.1. The van der Waals surface area contributed by atoms with Gasteiger partial charge in [0.1, 0.15) is 11.5 Å². The largest absolute Gasteiger partial charge is 0.320 e. The number of hydrogen-bond donors (Lipinski definition) is 2. The number of anilines is 1. The summed E-state index contributed by atoms with van der Waals surface area (Å²) in [6.45, 7) is -0.0130. The second kappa shape index (κ2) is 4.75. The summed E-state index contributed by atoms with van der Waals surface area (Å²) >= 11 is 0. The highest BCUT2D eigenvalue weighted by Crippen LogP contribution is 2.20. The topological polar surface area (TPSA) is 41.1 Å². The number of hydrogen-bond acceptors (Lipinski definition) is 2. The summed E-state index contributed by atoms with van der Waals surface area (Å²) in [5.41, 5.74) is -0.617. The first-order chi connectivity index (χ1) is 8.06. The molecule has 1 fully saturated rings. The van der Waals surface area contributed by atoms with Crippen LogP contribution in [-0.4, -0.2) is 18.5 Å². The molecule has 0 atom stereocenters. The summed E-state index contributed by atoms with van der Waals surface area (Å²) in [7, 11) is 0. The van der Waals surface area contributed by atoms with Crippen LogP contribution >= 0.6 is 0 Å². The van der Waals surface area contributed by atoms with E-state index in [1.165, 1.54) is 0 Å². The fourth-order valence-electron chi connectivity index (χ4n) is 1.37. The van der Waals surface area contributed by atoms with Gasteiger partial charge in [-0.05, 0) is 12.8 Å². The van der Waals surface area contributed by atoms with Crippen molar-refractivity contribution in [3.8, 4) is 0 Å². The summed E-state index contributed by atoms with van der Waals surface area (Å²) in [5, 5.41) is 4.97. The number of carbonyl (C=O) groups is 1. The van der Waals surface area contributed by atoms with Gasteiger partial charge in [0, 0.05) is 18.2 Å². The Morgan fingerprint density at radius 3 is 2.35 bits per heavy atom. The Morgan fingerprint density at radius 2 is 1.82 bits per heavy atom. The number of halogens is 3. The van der Waals surface area contributed by atoms with Gasteiger partial charge in [0.25, 0.3) is 0 Å². The van der Waals surface area contributed by atoms with Crippen LogP contribution in [0.3, 0.4) is 0 Å². The molecule has 3 nitrogen and oxygen atoms in total. The summed E-state index contributed by atoms with van der Waals surface area (Å²) in [6, 6.07) is 1.36. The van der Waals surface area contributed by atoms with Gasteiger partial charge < -0.3 is 10.6 Å². The molecule has 0 heterocycles. The monoisotopic (exact) mass is 244 g/mol. The van der Waals surface area contributed by atoms with Gasteiger partial charge in [0.05, 0.1) is 6.54 Å². The van der Waals surface area contributed by atoms with Crippen molar-refractivity contribution in [1.82, 2.24) is 5.32 Å². The molecule has 1 aliphatic carbocycles. The molecule has 0 saturated heterocycles. The van der Waals surface area contributed by atoms with Gasteiger partial charge >= 0.3 is 0 Å². The molecule has 0 aliphatic heterocycles. The van der Waals surface area contributed by atoms with E-state index in [1.54, 1.807) is 0 Å². The minimum absolute atomic E-state index is 0.0130. The average molecular weight is 244 g/mol. The molecule has 1 saturated carbocycles. The van der Waals surface area contributed by atoms with Crippen LogP contribution in [0.4, 0.5) is 18.9 Å². The first kappa shape index (κ1) is 11.9. The minimum Gasteiger partial charge on any atom is -0.320 e. The lowest BCUT2D eigenvalue weighted by Crippen LogP contribution is -2.30. The summed E-state index contributed by atoms with van der Waals surface area (Å²) < 4.78 is 38.9. The van der Waals surface area contributed by atoms with Crippen molar-refractivity contribution in [2.75, 3.05) is 11.9 Å². The van der Waals surface area contributed by atoms with E-state index >= 15 is 0 Å². The van der Waals surface area contributed by atoms with E-state index < -0.39 is 29.0 Å². The van der Waals surface area contributed by atoms with Crippen LogP contribution in [0.5, 0.6) is 0 Å². The molecule has 0 bridgehead atoms. The van der Waals surface area contributed by atoms with Gasteiger partial charge in [-0.15, -0.1) is 0 Å². The first-order valence-electron chi connectivity index (χ1n) is 5.24. The fourth-order valence-corrected chi connectivity index (χ4v) is 1.37. The van der Waals surface area contributed by atoms with Crippen molar-refractivity contribution in [1.29, 1.82) is 0 Å². The first-order valence-corrected chi connectivity index (χ1v) is 5.24. The molecule has 0 radical (unpaired) electrons. The third-order valence-electron chi connectivity index (χ3n) is 2.40. The fraction of sp³-hybridized carbons (Fsp3) is 0.364. The molecule has 92 valence electrons. The lowest BCUT2D eigenvalue weighted by Gasteiger charge is -2.08. The van der Waals surface area contributed by atoms with Crippen molar-refractivity contribution >= 4 is 11.6 Å². The highest BCUT2D eigenvalue weighted by molar-refractivity contribution is 5.92. The second-order valence-corrected chi connectivity index (χ2v) is 3.95. The van der Waals surface area contributed by atoms with Crippen molar-refractivity contribution in [2.45, 2.75) is 18.9 Å². The Kier molecular flexibility index (Phi) is 3.33. The van der Waals surface area contributed by atoms with E-state index in [0.717, 1.165) is 12.8 Å². The van der Waals surface area contributed by atoms with Gasteiger partial charge in [-0.25, -0.2) is 13.2 Å². The second-order valence-electron chi connectivity index (χ2n) is 3.95. The number of rotatable bonds is 4. The summed E-state index contributed by atoms with van der Waals surface area (Å²) in [6.07, 6.45) is 2.01. The zero-order valence-corrected chi connectivity index (χ0v) is 8.90. The SMILES string of the molecule is O=C(CNC1CC1)Nc1c(F)cc(F)cc1F. The lowest BCUT2D eigenvalue weighted by atomic mass is 10.2. The predicted octanol–water partition coefficient (Wildman–Crippen LogP) is 1.79. The minimum atomic E-state index is -1.12. The Hall–Kier alpha value is -1.56. The molecule has 1 amide bonds. The van der Waals surface area contributed by atoms with Crippen LogP contribution in [0.25, 0.3) is 0 Å². The smallest absolute Gasteiger partial charge is 0.238 e. The van der Waals surface area contributed by atoms with Crippen LogP contribution in [0, 0.1) is 17.5 Å². The van der Waals surface area contributed by atoms with Crippen molar-refractivity contribution in [3.05, 3.63) is 29.6 Å². The normalized spacial score (nSPS) is 14.8. The Labute approximate surface area is 96.0 Å². The standard InChI is InChI=1S/C11H11F3N2O/c12-6-3-8(13)11(9(14)4-6)16-10(17)5-15-7-1-2-7/h3-4,7,15H,1-2,5H2,(H,16,17). The molecule has 0 aromatic heterocycles. The molecule has 0 unspecified atom stereocenters. The molecule has 1 aromatic carbocycles. The Morgan fingerprint density at radius 1 is 1.24 bits per heavy atom. The molecule has 6 heteroatoms. The van der Waals surface area contributed by atoms with Gasteiger partial charge in [-0.1, -0.05) is 0 Å². The van der Waals surface area contributed by atoms with E-state index in [2.05, 4.69) is 10.6 Å². The van der Waals surface area contributed by atoms with Crippen LogP contribution in [0.2, 0.25) is 0 Å². The third kappa shape index (κ3) is 3.20. The summed E-state index contributed by atoms with van der Waals surface area (Å²) in [4.78, 5) is 11.3. The molecule has 2 N–H and O–H groups in total. The van der Waals surface area contributed by atoms with Crippen molar-refractivity contribution < 1.29 is 18.0 Å². The zero-order valence-electron chi connectivity index (χ0n) is 8.90. The maximum absolute atomic E-state index is 13.2. The van der Waals surface area contributed by atoms with Gasteiger partial charge in [-0.3, -0.25) is 4.79 Å². The maximum atomic E-state index is 13.2. The zero-order chi connectivity index (χ0) is 12.4. The van der Waals surface area contributed by atoms with E-state index in [4.69, 9.17) is 0 Å². The van der Waals surface area contributed by atoms with Gasteiger partial charge in [0.2, 0.25) is 5.91 Å². The van der Waals surface area contributed by atoms with Crippen LogP contribution in [0.1, 0.15) is 12.8 Å². The third-order valence-corrected chi connectivity index (χ3v) is 2.40. The van der Waals surface area contributed by atoms with Crippen LogP contribution in [-0.2, 0) is 4.79 Å². The van der Waals surface area contributed by atoms with Gasteiger partial charge in [0.15, 0.2) is 11.6 Å². The predicted molar refractivity (Wildman–Crippen MR) is 56.0 cm³/mol.